The maximum absolute atomic E-state index is 12.9. The van der Waals surface area contributed by atoms with Gasteiger partial charge in [-0.25, -0.2) is 8.42 Å². The molecule has 1 aromatic carbocycles. The number of rotatable bonds is 4. The number of aromatic nitrogens is 2. The van der Waals surface area contributed by atoms with Gasteiger partial charge in [-0.2, -0.15) is 9.71 Å². The van der Waals surface area contributed by atoms with Gasteiger partial charge in [0.1, 0.15) is 0 Å². The van der Waals surface area contributed by atoms with Crippen LogP contribution in [0.3, 0.4) is 0 Å². The van der Waals surface area contributed by atoms with Gasteiger partial charge in [-0.05, 0) is 37.1 Å². The maximum Gasteiger partial charge on any atom is 0.241 e. The summed E-state index contributed by atoms with van der Waals surface area (Å²) in [6, 6.07) is 6.59. The van der Waals surface area contributed by atoms with Crippen LogP contribution in [0.4, 0.5) is 0 Å². The van der Waals surface area contributed by atoms with Crippen LogP contribution in [0.15, 0.2) is 38.2 Å². The summed E-state index contributed by atoms with van der Waals surface area (Å²) in [5.41, 5.74) is -0.805. The average molecular weight is 414 g/mol. The lowest BCUT2D eigenvalue weighted by Gasteiger charge is -2.30. The molecular weight excluding hydrogens is 394 g/mol. The van der Waals surface area contributed by atoms with Gasteiger partial charge in [0.15, 0.2) is 5.82 Å². The number of nitrogens with zero attached hydrogens (tertiary/aromatic N) is 2. The third kappa shape index (κ3) is 3.70. The molecule has 1 aromatic heterocycles. The first-order chi connectivity index (χ1) is 11.4. The first-order valence-corrected chi connectivity index (χ1v) is 10.3. The minimum absolute atomic E-state index is 0.231. The van der Waals surface area contributed by atoms with Gasteiger partial charge in [0, 0.05) is 11.4 Å². The van der Waals surface area contributed by atoms with Crippen molar-refractivity contribution in [3.05, 3.63) is 40.5 Å². The van der Waals surface area contributed by atoms with Crippen molar-refractivity contribution in [1.82, 2.24) is 14.9 Å². The summed E-state index contributed by atoms with van der Waals surface area (Å²) in [5.74, 6) is 0.874. The topological polar surface area (TPSA) is 85.1 Å². The second kappa shape index (κ2) is 6.93. The van der Waals surface area contributed by atoms with Gasteiger partial charge in [0.25, 0.3) is 0 Å². The van der Waals surface area contributed by atoms with Crippen LogP contribution in [-0.4, -0.2) is 18.6 Å². The van der Waals surface area contributed by atoms with E-state index in [1.54, 1.807) is 31.2 Å². The van der Waals surface area contributed by atoms with Crippen molar-refractivity contribution in [2.24, 2.45) is 0 Å². The monoisotopic (exact) mass is 413 g/mol. The summed E-state index contributed by atoms with van der Waals surface area (Å²) in [5, 5.41) is 4.02. The van der Waals surface area contributed by atoms with Crippen molar-refractivity contribution >= 4 is 26.0 Å². The summed E-state index contributed by atoms with van der Waals surface area (Å²) in [7, 11) is -3.68. The molecule has 0 bridgehead atoms. The van der Waals surface area contributed by atoms with Gasteiger partial charge in [-0.3, -0.25) is 0 Å². The average Bonchev–Trinajstić information content (AvgIpc) is 2.84. The minimum Gasteiger partial charge on any atom is -0.340 e. The molecule has 0 amide bonds. The Hall–Kier alpha value is -1.25. The van der Waals surface area contributed by atoms with E-state index in [9.17, 15) is 8.42 Å². The lowest BCUT2D eigenvalue weighted by molar-refractivity contribution is 0.301. The van der Waals surface area contributed by atoms with Crippen LogP contribution >= 0.6 is 15.9 Å². The zero-order chi connectivity index (χ0) is 17.2. The third-order valence-corrected chi connectivity index (χ3v) is 6.45. The lowest BCUT2D eigenvalue weighted by Crippen LogP contribution is -2.46. The van der Waals surface area contributed by atoms with Gasteiger partial charge in [-0.15, -0.1) is 0 Å². The molecule has 1 aliphatic rings. The van der Waals surface area contributed by atoms with E-state index in [-0.39, 0.29) is 4.90 Å². The molecule has 8 heteroatoms. The molecule has 1 N–H and O–H groups in total. The molecule has 0 radical (unpaired) electrons. The van der Waals surface area contributed by atoms with Gasteiger partial charge in [-0.1, -0.05) is 46.8 Å². The minimum atomic E-state index is -3.68. The summed E-state index contributed by atoms with van der Waals surface area (Å²) < 4.78 is 34.6. The lowest BCUT2D eigenvalue weighted by atomic mass is 9.91. The number of benzene rings is 1. The second-order valence-electron chi connectivity index (χ2n) is 6.19. The van der Waals surface area contributed by atoms with E-state index in [1.165, 1.54) is 0 Å². The molecule has 1 fully saturated rings. The molecular formula is C16H20BrN3O3S. The zero-order valence-electron chi connectivity index (χ0n) is 13.5. The summed E-state index contributed by atoms with van der Waals surface area (Å²) in [6.07, 6.45) is 5.35. The third-order valence-electron chi connectivity index (χ3n) is 4.37. The summed E-state index contributed by atoms with van der Waals surface area (Å²) in [6.45, 7) is 1.71. The first kappa shape index (κ1) is 17.6. The highest BCUT2D eigenvalue weighted by Crippen LogP contribution is 2.36. The van der Waals surface area contributed by atoms with Crippen LogP contribution in [0.5, 0.6) is 0 Å². The molecule has 130 valence electrons. The van der Waals surface area contributed by atoms with Crippen LogP contribution in [0.25, 0.3) is 0 Å². The van der Waals surface area contributed by atoms with Crippen molar-refractivity contribution in [2.75, 3.05) is 0 Å². The Morgan fingerprint density at radius 2 is 1.75 bits per heavy atom. The number of hydrogen-bond acceptors (Lipinski definition) is 5. The molecule has 3 rings (SSSR count). The van der Waals surface area contributed by atoms with Crippen LogP contribution in [0.2, 0.25) is 0 Å². The van der Waals surface area contributed by atoms with Crippen molar-refractivity contribution in [1.29, 1.82) is 0 Å². The van der Waals surface area contributed by atoms with Gasteiger partial charge in [0.2, 0.25) is 15.9 Å². The molecule has 0 atom stereocenters. The Bertz CT molecular complexity index is 794. The van der Waals surface area contributed by atoms with Crippen molar-refractivity contribution in [3.63, 3.8) is 0 Å². The molecule has 0 aliphatic heterocycles. The van der Waals surface area contributed by atoms with E-state index in [1.807, 2.05) is 0 Å². The van der Waals surface area contributed by atoms with Gasteiger partial charge < -0.3 is 4.52 Å². The van der Waals surface area contributed by atoms with Crippen LogP contribution in [0, 0.1) is 6.92 Å². The molecule has 0 saturated heterocycles. The van der Waals surface area contributed by atoms with E-state index < -0.39 is 15.6 Å². The molecule has 1 heterocycles. The van der Waals surface area contributed by atoms with Gasteiger partial charge >= 0.3 is 0 Å². The van der Waals surface area contributed by atoms with E-state index in [0.29, 0.717) is 24.6 Å². The predicted molar refractivity (Wildman–Crippen MR) is 92.9 cm³/mol. The van der Waals surface area contributed by atoms with Crippen molar-refractivity contribution in [2.45, 2.75) is 55.9 Å². The fourth-order valence-electron chi connectivity index (χ4n) is 3.13. The van der Waals surface area contributed by atoms with Crippen LogP contribution in [-0.2, 0) is 15.6 Å². The Morgan fingerprint density at radius 1 is 1.12 bits per heavy atom. The van der Waals surface area contributed by atoms with E-state index in [2.05, 4.69) is 30.8 Å². The number of hydrogen-bond donors (Lipinski definition) is 1. The summed E-state index contributed by atoms with van der Waals surface area (Å²) in [4.78, 5) is 4.56. The molecule has 0 unspecified atom stereocenters. The van der Waals surface area contributed by atoms with E-state index in [4.69, 9.17) is 4.52 Å². The fourth-order valence-corrected chi connectivity index (χ4v) is 4.81. The SMILES string of the molecule is Cc1nc(C2(NS(=O)(=O)c3ccc(Br)cc3)CCCCCC2)no1. The standard InChI is InChI=1S/C16H20BrN3O3S/c1-12-18-15(19-23-12)16(10-4-2-3-5-11-16)20-24(21,22)14-8-6-13(17)7-9-14/h6-9,20H,2-5,10-11H2,1H3. The van der Waals surface area contributed by atoms with Crippen LogP contribution in [0.1, 0.15) is 50.2 Å². The highest BCUT2D eigenvalue weighted by molar-refractivity contribution is 9.10. The number of nitrogens with one attached hydrogen (secondary N) is 1. The van der Waals surface area contributed by atoms with Crippen molar-refractivity contribution < 1.29 is 12.9 Å². The largest absolute Gasteiger partial charge is 0.340 e. The zero-order valence-corrected chi connectivity index (χ0v) is 15.9. The maximum atomic E-state index is 12.9. The Labute approximate surface area is 150 Å². The predicted octanol–water partition coefficient (Wildman–Crippen LogP) is 3.67. The number of halogens is 1. The number of aryl methyl sites for hydroxylation is 1. The molecule has 2 aromatic rings. The smallest absolute Gasteiger partial charge is 0.241 e. The molecule has 6 nitrogen and oxygen atoms in total. The normalized spacial score (nSPS) is 18.2. The molecule has 1 saturated carbocycles. The highest BCUT2D eigenvalue weighted by atomic mass is 79.9. The highest BCUT2D eigenvalue weighted by Gasteiger charge is 2.41. The van der Waals surface area contributed by atoms with E-state index in [0.717, 1.165) is 30.2 Å². The quantitative estimate of drug-likeness (QED) is 0.772. The number of sulfonamides is 1. The van der Waals surface area contributed by atoms with Crippen LogP contribution < -0.4 is 4.72 Å². The van der Waals surface area contributed by atoms with Crippen molar-refractivity contribution in [3.8, 4) is 0 Å². The Balaban J connectivity index is 1.98. The van der Waals surface area contributed by atoms with E-state index >= 15 is 0 Å². The van der Waals surface area contributed by atoms with Gasteiger partial charge in [0.05, 0.1) is 10.4 Å². The Morgan fingerprint density at radius 3 is 2.29 bits per heavy atom. The Kier molecular flexibility index (Phi) is 5.08. The molecule has 1 aliphatic carbocycles. The first-order valence-electron chi connectivity index (χ1n) is 8.02. The molecule has 24 heavy (non-hydrogen) atoms. The second-order valence-corrected chi connectivity index (χ2v) is 8.79. The molecule has 0 spiro atoms. The summed E-state index contributed by atoms with van der Waals surface area (Å²) >= 11 is 3.32. The fraction of sp³-hybridized carbons (Fsp3) is 0.500.